The highest BCUT2D eigenvalue weighted by Crippen LogP contribution is 2.34. The second-order valence-corrected chi connectivity index (χ2v) is 5.70. The van der Waals surface area contributed by atoms with Crippen LogP contribution in [0.2, 0.25) is 0 Å². The summed E-state index contributed by atoms with van der Waals surface area (Å²) in [5, 5.41) is 19.8. The zero-order valence-electron chi connectivity index (χ0n) is 13.8. The van der Waals surface area contributed by atoms with Crippen LogP contribution in [0.25, 0.3) is 0 Å². The predicted molar refractivity (Wildman–Crippen MR) is 90.1 cm³/mol. The maximum absolute atomic E-state index is 12.1. The topological polar surface area (TPSA) is 87.5 Å². The Morgan fingerprint density at radius 3 is 2.25 bits per heavy atom. The molecule has 0 aliphatic rings. The van der Waals surface area contributed by atoms with Crippen LogP contribution >= 0.6 is 0 Å². The van der Waals surface area contributed by atoms with Crippen LogP contribution in [0.5, 0.6) is 0 Å². The lowest BCUT2D eigenvalue weighted by molar-refractivity contribution is -0.157. The van der Waals surface area contributed by atoms with E-state index in [1.54, 1.807) is 30.5 Å². The van der Waals surface area contributed by atoms with Crippen molar-refractivity contribution in [1.82, 2.24) is 4.98 Å². The van der Waals surface area contributed by atoms with Crippen LogP contribution in [0.4, 0.5) is 0 Å². The maximum atomic E-state index is 12.1. The van der Waals surface area contributed by atoms with Gasteiger partial charge in [0.15, 0.2) is 5.41 Å². The molecule has 126 valence electrons. The molecule has 24 heavy (non-hydrogen) atoms. The molecular formula is C19H21NO4. The van der Waals surface area contributed by atoms with Crippen LogP contribution in [0.1, 0.15) is 36.1 Å². The molecule has 5 nitrogen and oxygen atoms in total. The van der Waals surface area contributed by atoms with Crippen molar-refractivity contribution >= 4 is 11.9 Å². The molecule has 1 heterocycles. The van der Waals surface area contributed by atoms with E-state index in [0.717, 1.165) is 17.5 Å². The zero-order chi connectivity index (χ0) is 17.7. The van der Waals surface area contributed by atoms with E-state index in [9.17, 15) is 19.8 Å². The summed E-state index contributed by atoms with van der Waals surface area (Å²) in [7, 11) is 0. The molecule has 0 fully saturated rings. The minimum Gasteiger partial charge on any atom is -0.480 e. The van der Waals surface area contributed by atoms with Crippen LogP contribution in [0, 0.1) is 0 Å². The summed E-state index contributed by atoms with van der Waals surface area (Å²) in [6.45, 7) is 3.89. The molecule has 0 amide bonds. The van der Waals surface area contributed by atoms with Crippen LogP contribution in [0.15, 0.2) is 42.7 Å². The lowest BCUT2D eigenvalue weighted by atomic mass is 9.72. The second kappa shape index (κ2) is 7.25. The summed E-state index contributed by atoms with van der Waals surface area (Å²) in [6, 6.07) is 8.64. The Bertz CT molecular complexity index is 726. The van der Waals surface area contributed by atoms with Gasteiger partial charge in [-0.2, -0.15) is 0 Å². The third-order valence-corrected chi connectivity index (χ3v) is 4.39. The predicted octanol–water partition coefficient (Wildman–Crippen LogP) is 2.86. The van der Waals surface area contributed by atoms with Gasteiger partial charge in [0.05, 0.1) is 0 Å². The van der Waals surface area contributed by atoms with E-state index in [2.05, 4.69) is 4.98 Å². The lowest BCUT2D eigenvalue weighted by Gasteiger charge is -2.28. The molecule has 0 aliphatic carbocycles. The Morgan fingerprint density at radius 2 is 1.75 bits per heavy atom. The Morgan fingerprint density at radius 1 is 1.04 bits per heavy atom. The molecule has 0 aliphatic heterocycles. The van der Waals surface area contributed by atoms with Gasteiger partial charge in [0.25, 0.3) is 0 Å². The van der Waals surface area contributed by atoms with Gasteiger partial charge in [-0.15, -0.1) is 0 Å². The van der Waals surface area contributed by atoms with E-state index in [0.29, 0.717) is 17.5 Å². The van der Waals surface area contributed by atoms with E-state index < -0.39 is 17.4 Å². The highest BCUT2D eigenvalue weighted by Gasteiger charge is 2.49. The first-order valence-electron chi connectivity index (χ1n) is 7.94. The van der Waals surface area contributed by atoms with E-state index in [1.807, 2.05) is 19.9 Å². The van der Waals surface area contributed by atoms with Crippen molar-refractivity contribution in [3.63, 3.8) is 0 Å². The summed E-state index contributed by atoms with van der Waals surface area (Å²) in [5.41, 5.74) is 0.681. The first kappa shape index (κ1) is 17.7. The summed E-state index contributed by atoms with van der Waals surface area (Å²) in [4.78, 5) is 28.2. The largest absolute Gasteiger partial charge is 0.480 e. The van der Waals surface area contributed by atoms with E-state index in [-0.39, 0.29) is 6.42 Å². The molecule has 5 heteroatoms. The standard InChI is InChI=1S/C19H21NO4/c1-3-14-8-5-9-16(15(14)4-2)19(17(21)22,18(23)24)11-13-7-6-10-20-12-13/h5-10,12H,3-4,11H2,1-2H3,(H,21,22)(H,23,24). The number of carbonyl (C=O) groups is 2. The third kappa shape index (κ3) is 3.02. The van der Waals surface area contributed by atoms with Crippen LogP contribution in [-0.2, 0) is 34.3 Å². The molecular weight excluding hydrogens is 306 g/mol. The first-order valence-corrected chi connectivity index (χ1v) is 7.94. The van der Waals surface area contributed by atoms with Crippen molar-refractivity contribution in [2.24, 2.45) is 0 Å². The van der Waals surface area contributed by atoms with Crippen molar-refractivity contribution in [1.29, 1.82) is 0 Å². The van der Waals surface area contributed by atoms with Gasteiger partial charge in [-0.1, -0.05) is 38.1 Å². The fourth-order valence-electron chi connectivity index (χ4n) is 3.16. The summed E-state index contributed by atoms with van der Waals surface area (Å²) in [5.74, 6) is -2.72. The van der Waals surface area contributed by atoms with Crippen molar-refractivity contribution in [3.8, 4) is 0 Å². The summed E-state index contributed by atoms with van der Waals surface area (Å²) in [6.07, 6.45) is 4.23. The number of aliphatic carboxylic acids is 2. The van der Waals surface area contributed by atoms with Gasteiger partial charge in [-0.05, 0) is 41.2 Å². The van der Waals surface area contributed by atoms with Gasteiger partial charge in [0, 0.05) is 18.8 Å². The normalized spacial score (nSPS) is 11.2. The molecule has 1 aromatic carbocycles. The molecule has 1 aromatic heterocycles. The Kier molecular flexibility index (Phi) is 5.34. The van der Waals surface area contributed by atoms with Gasteiger partial charge in [0.2, 0.25) is 0 Å². The molecule has 2 rings (SSSR count). The molecule has 0 saturated carbocycles. The number of rotatable bonds is 7. The molecule has 0 atom stereocenters. The van der Waals surface area contributed by atoms with Gasteiger partial charge in [-0.3, -0.25) is 14.6 Å². The van der Waals surface area contributed by atoms with Crippen molar-refractivity contribution in [3.05, 3.63) is 65.0 Å². The third-order valence-electron chi connectivity index (χ3n) is 4.39. The number of benzene rings is 1. The first-order chi connectivity index (χ1) is 11.5. The van der Waals surface area contributed by atoms with Crippen molar-refractivity contribution in [2.45, 2.75) is 38.5 Å². The molecule has 2 aromatic rings. The molecule has 0 radical (unpaired) electrons. The number of hydrogen-bond donors (Lipinski definition) is 2. The van der Waals surface area contributed by atoms with Gasteiger partial charge in [-0.25, -0.2) is 0 Å². The SMILES string of the molecule is CCc1cccc(C(Cc2cccnc2)(C(=O)O)C(=O)O)c1CC. The van der Waals surface area contributed by atoms with Crippen LogP contribution in [0.3, 0.4) is 0 Å². The average molecular weight is 327 g/mol. The summed E-state index contributed by atoms with van der Waals surface area (Å²) >= 11 is 0. The van der Waals surface area contributed by atoms with E-state index >= 15 is 0 Å². The number of hydrogen-bond acceptors (Lipinski definition) is 3. The van der Waals surface area contributed by atoms with Gasteiger partial charge in [0.1, 0.15) is 0 Å². The lowest BCUT2D eigenvalue weighted by Crippen LogP contribution is -2.46. The smallest absolute Gasteiger partial charge is 0.325 e. The van der Waals surface area contributed by atoms with E-state index in [4.69, 9.17) is 0 Å². The zero-order valence-corrected chi connectivity index (χ0v) is 13.8. The number of carboxylic acids is 2. The fourth-order valence-corrected chi connectivity index (χ4v) is 3.16. The minimum atomic E-state index is -2.03. The molecule has 2 N–H and O–H groups in total. The number of pyridine rings is 1. The molecule has 0 bridgehead atoms. The van der Waals surface area contributed by atoms with Crippen LogP contribution in [-0.4, -0.2) is 27.1 Å². The highest BCUT2D eigenvalue weighted by molar-refractivity contribution is 6.05. The number of aryl methyl sites for hydroxylation is 1. The molecule has 0 saturated heterocycles. The molecule has 0 spiro atoms. The quantitative estimate of drug-likeness (QED) is 0.764. The van der Waals surface area contributed by atoms with Crippen molar-refractivity contribution < 1.29 is 19.8 Å². The highest BCUT2D eigenvalue weighted by atomic mass is 16.4. The minimum absolute atomic E-state index is 0.147. The van der Waals surface area contributed by atoms with E-state index in [1.165, 1.54) is 6.20 Å². The molecule has 0 unspecified atom stereocenters. The van der Waals surface area contributed by atoms with Gasteiger partial charge < -0.3 is 10.2 Å². The van der Waals surface area contributed by atoms with Crippen molar-refractivity contribution in [2.75, 3.05) is 0 Å². The Hall–Kier alpha value is -2.69. The summed E-state index contributed by atoms with van der Waals surface area (Å²) < 4.78 is 0. The number of nitrogens with zero attached hydrogens (tertiary/aromatic N) is 1. The number of aromatic nitrogens is 1. The van der Waals surface area contributed by atoms with Crippen LogP contribution < -0.4 is 0 Å². The second-order valence-electron chi connectivity index (χ2n) is 5.70. The Balaban J connectivity index is 2.72. The maximum Gasteiger partial charge on any atom is 0.325 e. The average Bonchev–Trinajstić information content (AvgIpc) is 2.59. The monoisotopic (exact) mass is 327 g/mol. The van der Waals surface area contributed by atoms with Gasteiger partial charge >= 0.3 is 11.9 Å². The Labute approximate surface area is 141 Å². The number of carboxylic acid groups (broad SMARTS) is 2. The fraction of sp³-hybridized carbons (Fsp3) is 0.316.